The molecule has 0 radical (unpaired) electrons. The highest BCUT2D eigenvalue weighted by molar-refractivity contribution is 5.94. The number of nitrogens with zero attached hydrogens (tertiary/aromatic N) is 2. The third kappa shape index (κ3) is 7.26. The van der Waals surface area contributed by atoms with Gasteiger partial charge in [0.1, 0.15) is 12.0 Å². The van der Waals surface area contributed by atoms with Crippen molar-refractivity contribution in [1.82, 2.24) is 10.0 Å². The molecular weight excluding hydrogens is 376 g/mol. The highest BCUT2D eigenvalue weighted by atomic mass is 16.6. The average molecular weight is 413 g/mol. The highest BCUT2D eigenvalue weighted by Gasteiger charge is 2.33. The van der Waals surface area contributed by atoms with Crippen molar-refractivity contribution in [3.05, 3.63) is 0 Å². The van der Waals surface area contributed by atoms with Crippen LogP contribution in [0, 0.1) is 5.92 Å². The maximum Gasteiger partial charge on any atom is 0.315 e. The fraction of sp³-hybridized carbons (Fsp3) is 0.857. The summed E-state index contributed by atoms with van der Waals surface area (Å²) in [6.07, 6.45) is 5.07. The smallest absolute Gasteiger partial charge is 0.315 e. The van der Waals surface area contributed by atoms with Gasteiger partial charge in [0.2, 0.25) is 5.91 Å². The standard InChI is InChI=1S/C21H36N2O6/c1-21(2,3)29-19(25)13-18(24)22(4)23-12-6-7-16(23)14-28-17-10-8-15(9-11-17)20(26)27-5/h15-17H,6-14H2,1-5H3/t15?,16-,17?/m0/s1. The van der Waals surface area contributed by atoms with E-state index in [2.05, 4.69) is 0 Å². The Kier molecular flexibility index (Phi) is 8.46. The Morgan fingerprint density at radius 3 is 2.31 bits per heavy atom. The molecule has 1 atom stereocenters. The molecule has 0 bridgehead atoms. The predicted molar refractivity (Wildman–Crippen MR) is 107 cm³/mol. The summed E-state index contributed by atoms with van der Waals surface area (Å²) in [6, 6.07) is 0.112. The lowest BCUT2D eigenvalue weighted by molar-refractivity contribution is -0.163. The number of esters is 2. The monoisotopic (exact) mass is 412 g/mol. The molecule has 29 heavy (non-hydrogen) atoms. The Morgan fingerprint density at radius 2 is 1.72 bits per heavy atom. The zero-order chi connectivity index (χ0) is 21.6. The van der Waals surface area contributed by atoms with Gasteiger partial charge < -0.3 is 14.2 Å². The quantitative estimate of drug-likeness (QED) is 0.468. The van der Waals surface area contributed by atoms with Crippen LogP contribution in [0.2, 0.25) is 0 Å². The Hall–Kier alpha value is -1.67. The van der Waals surface area contributed by atoms with Gasteiger partial charge in [0.25, 0.3) is 0 Å². The van der Waals surface area contributed by atoms with Crippen molar-refractivity contribution in [3.63, 3.8) is 0 Å². The number of rotatable bonds is 7. The number of hydrogen-bond donors (Lipinski definition) is 0. The molecule has 0 aromatic heterocycles. The first-order chi connectivity index (χ1) is 13.6. The number of carbonyl (C=O) groups excluding carboxylic acids is 3. The molecule has 0 N–H and O–H groups in total. The SMILES string of the molecule is COC(=O)C1CCC(OC[C@@H]2CCCN2N(C)C(=O)CC(=O)OC(C)(C)C)CC1. The molecule has 2 aliphatic rings. The summed E-state index contributed by atoms with van der Waals surface area (Å²) < 4.78 is 16.2. The number of carbonyl (C=O) groups is 3. The third-order valence-electron chi connectivity index (χ3n) is 5.54. The van der Waals surface area contributed by atoms with Gasteiger partial charge in [-0.15, -0.1) is 0 Å². The maximum absolute atomic E-state index is 12.5. The molecule has 0 aromatic rings. The minimum absolute atomic E-state index is 0.0144. The van der Waals surface area contributed by atoms with Crippen LogP contribution in [-0.2, 0) is 28.6 Å². The lowest BCUT2D eigenvalue weighted by Crippen LogP contribution is -2.49. The lowest BCUT2D eigenvalue weighted by Gasteiger charge is -2.34. The van der Waals surface area contributed by atoms with Gasteiger partial charge >= 0.3 is 11.9 Å². The zero-order valence-electron chi connectivity index (χ0n) is 18.4. The summed E-state index contributed by atoms with van der Waals surface area (Å²) in [5.41, 5.74) is -0.604. The zero-order valence-corrected chi connectivity index (χ0v) is 18.4. The Bertz CT molecular complexity index is 580. The van der Waals surface area contributed by atoms with Crippen molar-refractivity contribution in [3.8, 4) is 0 Å². The topological polar surface area (TPSA) is 85.4 Å². The van der Waals surface area contributed by atoms with E-state index in [1.165, 1.54) is 7.11 Å². The van der Waals surface area contributed by atoms with Crippen LogP contribution in [0.1, 0.15) is 65.7 Å². The van der Waals surface area contributed by atoms with Crippen LogP contribution < -0.4 is 0 Å². The minimum atomic E-state index is -0.604. The van der Waals surface area contributed by atoms with Gasteiger partial charge in [0.15, 0.2) is 0 Å². The van der Waals surface area contributed by atoms with E-state index in [1.807, 2.05) is 5.01 Å². The van der Waals surface area contributed by atoms with Crippen molar-refractivity contribution < 1.29 is 28.6 Å². The number of hydrogen-bond acceptors (Lipinski definition) is 7. The van der Waals surface area contributed by atoms with Crippen LogP contribution in [-0.4, -0.2) is 72.9 Å². The molecule has 1 aliphatic heterocycles. The van der Waals surface area contributed by atoms with Gasteiger partial charge in [-0.05, 0) is 59.3 Å². The number of ether oxygens (including phenoxy) is 3. The van der Waals surface area contributed by atoms with Gasteiger partial charge in [-0.3, -0.25) is 19.4 Å². The molecule has 166 valence electrons. The van der Waals surface area contributed by atoms with Crippen LogP contribution in [0.25, 0.3) is 0 Å². The van der Waals surface area contributed by atoms with Crippen LogP contribution >= 0.6 is 0 Å². The number of amides is 1. The first-order valence-corrected chi connectivity index (χ1v) is 10.5. The third-order valence-corrected chi connectivity index (χ3v) is 5.54. The fourth-order valence-corrected chi connectivity index (χ4v) is 4.02. The molecule has 1 aliphatic carbocycles. The number of hydrazine groups is 1. The highest BCUT2D eigenvalue weighted by Crippen LogP contribution is 2.28. The van der Waals surface area contributed by atoms with Crippen LogP contribution in [0.4, 0.5) is 0 Å². The molecule has 2 fully saturated rings. The Morgan fingerprint density at radius 1 is 1.07 bits per heavy atom. The lowest BCUT2D eigenvalue weighted by atomic mass is 9.87. The van der Waals surface area contributed by atoms with E-state index in [9.17, 15) is 14.4 Å². The minimum Gasteiger partial charge on any atom is -0.469 e. The second-order valence-corrected chi connectivity index (χ2v) is 8.97. The van der Waals surface area contributed by atoms with Crippen molar-refractivity contribution >= 4 is 17.8 Å². The van der Waals surface area contributed by atoms with E-state index in [-0.39, 0.29) is 36.4 Å². The summed E-state index contributed by atoms with van der Waals surface area (Å²) in [5, 5.41) is 3.53. The normalized spacial score (nSPS) is 25.5. The molecule has 8 heteroatoms. The molecule has 0 spiro atoms. The van der Waals surface area contributed by atoms with Crippen LogP contribution in [0.5, 0.6) is 0 Å². The largest absolute Gasteiger partial charge is 0.469 e. The van der Waals surface area contributed by atoms with E-state index in [0.29, 0.717) is 6.61 Å². The van der Waals surface area contributed by atoms with Crippen LogP contribution in [0.15, 0.2) is 0 Å². The second kappa shape index (κ2) is 10.4. The van der Waals surface area contributed by atoms with E-state index in [0.717, 1.165) is 45.1 Å². The summed E-state index contributed by atoms with van der Waals surface area (Å²) in [5.74, 6) is -0.927. The van der Waals surface area contributed by atoms with Crippen LogP contribution in [0.3, 0.4) is 0 Å². The van der Waals surface area contributed by atoms with Gasteiger partial charge in [-0.1, -0.05) is 0 Å². The summed E-state index contributed by atoms with van der Waals surface area (Å²) in [6.45, 7) is 6.65. The van der Waals surface area contributed by atoms with E-state index >= 15 is 0 Å². The van der Waals surface area contributed by atoms with Crippen molar-refractivity contribution in [1.29, 1.82) is 0 Å². The number of methoxy groups -OCH3 is 1. The van der Waals surface area contributed by atoms with Crippen molar-refractivity contribution in [2.75, 3.05) is 27.3 Å². The van der Waals surface area contributed by atoms with Gasteiger partial charge in [0, 0.05) is 13.6 Å². The van der Waals surface area contributed by atoms with Crippen molar-refractivity contribution in [2.24, 2.45) is 5.92 Å². The summed E-state index contributed by atoms with van der Waals surface area (Å²) in [4.78, 5) is 36.1. The van der Waals surface area contributed by atoms with Gasteiger partial charge in [-0.2, -0.15) is 0 Å². The molecule has 1 heterocycles. The van der Waals surface area contributed by atoms with Gasteiger partial charge in [-0.25, -0.2) is 5.01 Å². The van der Waals surface area contributed by atoms with Gasteiger partial charge in [0.05, 0.1) is 31.8 Å². The Labute approximate surface area is 173 Å². The molecule has 8 nitrogen and oxygen atoms in total. The summed E-state index contributed by atoms with van der Waals surface area (Å²) >= 11 is 0. The summed E-state index contributed by atoms with van der Waals surface area (Å²) in [7, 11) is 3.13. The van der Waals surface area contributed by atoms with Crippen molar-refractivity contribution in [2.45, 2.75) is 83.5 Å². The predicted octanol–water partition coefficient (Wildman–Crippen LogP) is 2.30. The average Bonchev–Trinajstić information content (AvgIpc) is 3.12. The first kappa shape index (κ1) is 23.6. The van der Waals surface area contributed by atoms with E-state index in [1.54, 1.807) is 32.8 Å². The fourth-order valence-electron chi connectivity index (χ4n) is 4.02. The van der Waals surface area contributed by atoms with E-state index in [4.69, 9.17) is 14.2 Å². The molecule has 0 unspecified atom stereocenters. The molecule has 1 saturated carbocycles. The molecule has 0 aromatic carbocycles. The molecule has 1 amide bonds. The maximum atomic E-state index is 12.5. The Balaban J connectivity index is 1.78. The second-order valence-electron chi connectivity index (χ2n) is 8.97. The first-order valence-electron chi connectivity index (χ1n) is 10.5. The molecule has 2 rings (SSSR count). The molecular formula is C21H36N2O6. The van der Waals surface area contributed by atoms with E-state index < -0.39 is 11.6 Å². The molecule has 1 saturated heterocycles.